The van der Waals surface area contributed by atoms with Crippen molar-refractivity contribution in [3.8, 4) is 5.75 Å². The van der Waals surface area contributed by atoms with Crippen LogP contribution in [-0.4, -0.2) is 31.9 Å². The number of aliphatic carboxylic acids is 1. The molecule has 0 unspecified atom stereocenters. The summed E-state index contributed by atoms with van der Waals surface area (Å²) >= 11 is 0. The number of hydrogen-bond acceptors (Lipinski definition) is 5. The number of benzene rings is 1. The molecular weight excluding hydrogens is 296 g/mol. The van der Waals surface area contributed by atoms with Crippen molar-refractivity contribution in [1.82, 2.24) is 14.8 Å². The number of nitrogens with zero attached hydrogens (tertiary/aromatic N) is 3. The summed E-state index contributed by atoms with van der Waals surface area (Å²) in [6.45, 7) is 4.05. The fourth-order valence-electron chi connectivity index (χ4n) is 2.41. The molecule has 0 radical (unpaired) electrons. The molecule has 1 aromatic carbocycles. The van der Waals surface area contributed by atoms with E-state index in [2.05, 4.69) is 22.3 Å². The van der Waals surface area contributed by atoms with Crippen LogP contribution in [0.1, 0.15) is 31.9 Å². The Morgan fingerprint density at radius 3 is 3.00 bits per heavy atom. The third-order valence-electron chi connectivity index (χ3n) is 3.78. The molecule has 7 heteroatoms. The number of carboxylic acids is 1. The number of nitrogens with one attached hydrogen (secondary N) is 1. The van der Waals surface area contributed by atoms with Crippen molar-refractivity contribution in [3.63, 3.8) is 0 Å². The number of carbonyl (C=O) groups is 1. The lowest BCUT2D eigenvalue weighted by molar-refractivity contribution is -0.132. The Balaban J connectivity index is 2.06. The molecule has 0 bridgehead atoms. The average molecular weight is 314 g/mol. The molecule has 1 aliphatic heterocycles. The summed E-state index contributed by atoms with van der Waals surface area (Å²) in [5.41, 5.74) is 0.925. The molecular formula is C16H18N4O3. The van der Waals surface area contributed by atoms with Crippen LogP contribution in [0, 0.1) is 0 Å². The highest BCUT2D eigenvalue weighted by atomic mass is 16.5. The number of fused-ring (bicyclic) bond motifs is 1. The van der Waals surface area contributed by atoms with Gasteiger partial charge in [-0.15, -0.1) is 0 Å². The summed E-state index contributed by atoms with van der Waals surface area (Å²) in [5, 5.41) is 16.3. The molecule has 120 valence electrons. The summed E-state index contributed by atoms with van der Waals surface area (Å²) in [4.78, 5) is 15.4. The highest BCUT2D eigenvalue weighted by molar-refractivity contribution is 5.90. The van der Waals surface area contributed by atoms with Crippen molar-refractivity contribution in [2.75, 3.05) is 5.32 Å². The Morgan fingerprint density at radius 1 is 1.48 bits per heavy atom. The Morgan fingerprint density at radius 2 is 2.26 bits per heavy atom. The first-order chi connectivity index (χ1) is 11.1. The van der Waals surface area contributed by atoms with Crippen molar-refractivity contribution in [3.05, 3.63) is 47.9 Å². The van der Waals surface area contributed by atoms with Gasteiger partial charge in [-0.3, -0.25) is 0 Å². The zero-order valence-electron chi connectivity index (χ0n) is 12.9. The van der Waals surface area contributed by atoms with E-state index in [1.165, 1.54) is 6.33 Å². The summed E-state index contributed by atoms with van der Waals surface area (Å²) in [6.07, 6.45) is 3.95. The topological polar surface area (TPSA) is 89.3 Å². The van der Waals surface area contributed by atoms with Gasteiger partial charge in [-0.2, -0.15) is 10.1 Å². The molecule has 1 aromatic heterocycles. The molecule has 0 fully saturated rings. The van der Waals surface area contributed by atoms with E-state index < -0.39 is 5.97 Å². The van der Waals surface area contributed by atoms with E-state index in [0.717, 1.165) is 17.7 Å². The van der Waals surface area contributed by atoms with Gasteiger partial charge in [0.1, 0.15) is 23.8 Å². The SMILES string of the molecule is CC[C@H](C)Oc1ccccc1[C@@H]1C=C(C(=O)O)Nc2ncnn21. The second-order valence-electron chi connectivity index (χ2n) is 5.36. The first-order valence-electron chi connectivity index (χ1n) is 7.47. The Bertz CT molecular complexity index is 753. The van der Waals surface area contributed by atoms with Crippen LogP contribution in [0.4, 0.5) is 5.95 Å². The van der Waals surface area contributed by atoms with Gasteiger partial charge in [0.15, 0.2) is 0 Å². The predicted octanol–water partition coefficient (Wildman–Crippen LogP) is 2.44. The first kappa shape index (κ1) is 15.1. The summed E-state index contributed by atoms with van der Waals surface area (Å²) in [5.74, 6) is 0.0778. The highest BCUT2D eigenvalue weighted by Gasteiger charge is 2.27. The summed E-state index contributed by atoms with van der Waals surface area (Å²) in [7, 11) is 0. The van der Waals surface area contributed by atoms with E-state index in [9.17, 15) is 9.90 Å². The maximum absolute atomic E-state index is 11.4. The second kappa shape index (κ2) is 6.12. The number of allylic oxidation sites excluding steroid dienone is 1. The standard InChI is InChI=1S/C16H18N4O3/c1-3-10(2)23-14-7-5-4-6-11(14)13-8-12(15(21)22)19-16-17-9-18-20(13)16/h4-10,13H,3H2,1-2H3,(H,21,22)(H,17,18,19)/t10-,13-/m0/s1. The highest BCUT2D eigenvalue weighted by Crippen LogP contribution is 2.34. The fraction of sp³-hybridized carbons (Fsp3) is 0.312. The zero-order chi connectivity index (χ0) is 16.4. The van der Waals surface area contributed by atoms with E-state index in [1.807, 2.05) is 31.2 Å². The van der Waals surface area contributed by atoms with Gasteiger partial charge in [-0.25, -0.2) is 9.48 Å². The lowest BCUT2D eigenvalue weighted by Crippen LogP contribution is -2.25. The molecule has 0 saturated carbocycles. The molecule has 0 aliphatic carbocycles. The Kier molecular flexibility index (Phi) is 4.01. The molecule has 2 N–H and O–H groups in total. The van der Waals surface area contributed by atoms with E-state index >= 15 is 0 Å². The van der Waals surface area contributed by atoms with Crippen LogP contribution < -0.4 is 10.1 Å². The molecule has 7 nitrogen and oxygen atoms in total. The first-order valence-corrected chi connectivity index (χ1v) is 7.47. The average Bonchev–Trinajstić information content (AvgIpc) is 3.03. The zero-order valence-corrected chi connectivity index (χ0v) is 12.9. The molecule has 0 saturated heterocycles. The van der Waals surface area contributed by atoms with Crippen LogP contribution in [0.25, 0.3) is 0 Å². The van der Waals surface area contributed by atoms with E-state index in [1.54, 1.807) is 10.8 Å². The molecule has 1 aliphatic rings. The normalized spacial score (nSPS) is 17.7. The molecule has 2 heterocycles. The van der Waals surface area contributed by atoms with Gasteiger partial charge in [0.2, 0.25) is 5.95 Å². The van der Waals surface area contributed by atoms with Crippen LogP contribution >= 0.6 is 0 Å². The number of ether oxygens (including phenoxy) is 1. The van der Waals surface area contributed by atoms with Gasteiger partial charge < -0.3 is 15.2 Å². The molecule has 3 rings (SSSR count). The lowest BCUT2D eigenvalue weighted by Gasteiger charge is -2.25. The van der Waals surface area contributed by atoms with Gasteiger partial charge in [0.25, 0.3) is 0 Å². The van der Waals surface area contributed by atoms with E-state index in [-0.39, 0.29) is 17.8 Å². The maximum atomic E-state index is 11.4. The fourth-order valence-corrected chi connectivity index (χ4v) is 2.41. The minimum absolute atomic E-state index is 0.0657. The summed E-state index contributed by atoms with van der Waals surface area (Å²) in [6, 6.07) is 7.20. The van der Waals surface area contributed by atoms with Crippen molar-refractivity contribution >= 4 is 11.9 Å². The van der Waals surface area contributed by atoms with Crippen LogP contribution in [0.2, 0.25) is 0 Å². The molecule has 2 aromatic rings. The number of rotatable bonds is 5. The van der Waals surface area contributed by atoms with Gasteiger partial charge >= 0.3 is 5.97 Å². The summed E-state index contributed by atoms with van der Waals surface area (Å²) < 4.78 is 7.62. The van der Waals surface area contributed by atoms with Gasteiger partial charge in [-0.1, -0.05) is 25.1 Å². The second-order valence-corrected chi connectivity index (χ2v) is 5.36. The van der Waals surface area contributed by atoms with Gasteiger partial charge in [0, 0.05) is 5.56 Å². The van der Waals surface area contributed by atoms with E-state index in [0.29, 0.717) is 5.95 Å². The van der Waals surface area contributed by atoms with Crippen LogP contribution in [0.3, 0.4) is 0 Å². The van der Waals surface area contributed by atoms with Crippen molar-refractivity contribution in [2.24, 2.45) is 0 Å². The molecule has 2 atom stereocenters. The van der Waals surface area contributed by atoms with Crippen LogP contribution in [-0.2, 0) is 4.79 Å². The van der Waals surface area contributed by atoms with Crippen molar-refractivity contribution < 1.29 is 14.6 Å². The maximum Gasteiger partial charge on any atom is 0.352 e. The molecule has 0 amide bonds. The number of hydrogen-bond donors (Lipinski definition) is 2. The monoisotopic (exact) mass is 314 g/mol. The minimum atomic E-state index is -1.04. The minimum Gasteiger partial charge on any atom is -0.490 e. The van der Waals surface area contributed by atoms with Gasteiger partial charge in [0.05, 0.1) is 6.10 Å². The number of para-hydroxylation sites is 1. The predicted molar refractivity (Wildman–Crippen MR) is 84.3 cm³/mol. The smallest absolute Gasteiger partial charge is 0.352 e. The largest absolute Gasteiger partial charge is 0.490 e. The third-order valence-corrected chi connectivity index (χ3v) is 3.78. The van der Waals surface area contributed by atoms with Crippen molar-refractivity contribution in [1.29, 1.82) is 0 Å². The molecule has 0 spiro atoms. The van der Waals surface area contributed by atoms with Gasteiger partial charge in [-0.05, 0) is 25.5 Å². The number of aromatic nitrogens is 3. The Hall–Kier alpha value is -2.83. The third kappa shape index (κ3) is 2.90. The number of carboxylic acid groups (broad SMARTS) is 1. The quantitative estimate of drug-likeness (QED) is 0.881. The Labute approximate surface area is 133 Å². The van der Waals surface area contributed by atoms with E-state index in [4.69, 9.17) is 4.74 Å². The molecule has 23 heavy (non-hydrogen) atoms. The van der Waals surface area contributed by atoms with Crippen molar-refractivity contribution in [2.45, 2.75) is 32.4 Å². The lowest BCUT2D eigenvalue weighted by atomic mass is 10.0. The van der Waals surface area contributed by atoms with Crippen LogP contribution in [0.15, 0.2) is 42.4 Å². The van der Waals surface area contributed by atoms with Crippen LogP contribution in [0.5, 0.6) is 5.75 Å². The number of anilines is 1.